The van der Waals surface area contributed by atoms with Crippen LogP contribution in [0.2, 0.25) is 0 Å². The largest absolute Gasteiger partial charge is 0.481 e. The lowest BCUT2D eigenvalue weighted by Crippen LogP contribution is -2.42. The minimum atomic E-state index is -2.74. The number of esters is 1. The number of rotatable bonds is 8. The molecule has 1 aromatic carbocycles. The van der Waals surface area contributed by atoms with E-state index >= 15 is 0 Å². The lowest BCUT2D eigenvalue weighted by atomic mass is 9.96. The number of aliphatic carboxylic acids is 3. The molecule has 1 aromatic heterocycles. The number of hydrogen-bond acceptors (Lipinski definition) is 8. The lowest BCUT2D eigenvalue weighted by molar-refractivity contribution is -0.170. The number of hydrogen-bond donors (Lipinski definition) is 4. The number of ether oxygens (including phenoxy) is 1. The molecule has 0 unspecified atom stereocenters. The molecular formula is C22H25NO9S. The Morgan fingerprint density at radius 2 is 1.67 bits per heavy atom. The van der Waals surface area contributed by atoms with E-state index in [4.69, 9.17) is 25.2 Å². The van der Waals surface area contributed by atoms with E-state index in [0.717, 1.165) is 25.1 Å². The molecule has 0 fully saturated rings. The van der Waals surface area contributed by atoms with Crippen molar-refractivity contribution in [3.05, 3.63) is 57.8 Å². The van der Waals surface area contributed by atoms with Gasteiger partial charge in [-0.2, -0.15) is 0 Å². The molecule has 2 heterocycles. The molecule has 0 amide bonds. The summed E-state index contributed by atoms with van der Waals surface area (Å²) in [6.45, 7) is 1.70. The summed E-state index contributed by atoms with van der Waals surface area (Å²) in [6, 6.07) is 11.7. The van der Waals surface area contributed by atoms with Crippen molar-refractivity contribution in [2.45, 2.75) is 37.5 Å². The molecule has 0 radical (unpaired) electrons. The molecule has 178 valence electrons. The van der Waals surface area contributed by atoms with Gasteiger partial charge in [0.05, 0.1) is 20.0 Å². The van der Waals surface area contributed by atoms with Crippen molar-refractivity contribution in [1.82, 2.24) is 4.90 Å². The van der Waals surface area contributed by atoms with E-state index in [0.29, 0.717) is 0 Å². The van der Waals surface area contributed by atoms with Crippen molar-refractivity contribution in [3.63, 3.8) is 0 Å². The van der Waals surface area contributed by atoms with Crippen LogP contribution in [0.1, 0.15) is 34.9 Å². The second-order valence-electron chi connectivity index (χ2n) is 7.40. The van der Waals surface area contributed by atoms with Crippen molar-refractivity contribution in [1.29, 1.82) is 0 Å². The second kappa shape index (κ2) is 11.5. The number of fused-ring (bicyclic) bond motifs is 1. The van der Waals surface area contributed by atoms with Gasteiger partial charge >= 0.3 is 23.9 Å². The number of carboxylic acids is 3. The van der Waals surface area contributed by atoms with Gasteiger partial charge in [0, 0.05) is 18.0 Å². The summed E-state index contributed by atoms with van der Waals surface area (Å²) in [5.74, 6) is -5.20. The van der Waals surface area contributed by atoms with Gasteiger partial charge < -0.3 is 25.2 Å². The third kappa shape index (κ3) is 7.11. The molecule has 1 aliphatic rings. The quantitative estimate of drug-likeness (QED) is 0.411. The highest BCUT2D eigenvalue weighted by Gasteiger charge is 2.40. The Labute approximate surface area is 193 Å². The number of carboxylic acid groups (broad SMARTS) is 3. The molecule has 1 aliphatic heterocycles. The number of carbonyl (C=O) groups is 4. The zero-order chi connectivity index (χ0) is 24.6. The van der Waals surface area contributed by atoms with Crippen LogP contribution in [0.5, 0.6) is 0 Å². The third-order valence-corrected chi connectivity index (χ3v) is 6.05. The van der Waals surface area contributed by atoms with Crippen molar-refractivity contribution in [2.75, 3.05) is 13.7 Å². The molecular weight excluding hydrogens is 454 g/mol. The summed E-state index contributed by atoms with van der Waals surface area (Å²) >= 11 is 1.81. The van der Waals surface area contributed by atoms with Crippen LogP contribution >= 0.6 is 11.3 Å². The van der Waals surface area contributed by atoms with Crippen molar-refractivity contribution in [3.8, 4) is 0 Å². The molecule has 0 bridgehead atoms. The van der Waals surface area contributed by atoms with Gasteiger partial charge in [-0.25, -0.2) is 9.59 Å². The average Bonchev–Trinajstić information content (AvgIpc) is 3.22. The van der Waals surface area contributed by atoms with Gasteiger partial charge in [0.1, 0.15) is 6.04 Å². The number of nitrogens with zero attached hydrogens (tertiary/aromatic N) is 1. The van der Waals surface area contributed by atoms with Crippen LogP contribution in [0.25, 0.3) is 0 Å². The van der Waals surface area contributed by atoms with Gasteiger partial charge in [0.15, 0.2) is 5.60 Å². The Bertz CT molecular complexity index is 973. The average molecular weight is 480 g/mol. The Kier molecular flexibility index (Phi) is 9.09. The smallest absolute Gasteiger partial charge is 0.336 e. The summed E-state index contributed by atoms with van der Waals surface area (Å²) in [7, 11) is 1.46. The third-order valence-electron chi connectivity index (χ3n) is 5.03. The highest BCUT2D eigenvalue weighted by molar-refractivity contribution is 7.10. The Hall–Kier alpha value is -3.28. The van der Waals surface area contributed by atoms with E-state index in [9.17, 15) is 19.2 Å². The summed E-state index contributed by atoms with van der Waals surface area (Å²) in [6.07, 6.45) is -1.28. The molecule has 4 N–H and O–H groups in total. The van der Waals surface area contributed by atoms with Gasteiger partial charge in [-0.05, 0) is 29.0 Å². The minimum absolute atomic E-state index is 0.185. The number of benzene rings is 1. The zero-order valence-electron chi connectivity index (χ0n) is 17.8. The number of thiophene rings is 1. The SMILES string of the molecule is COC(=O)[C@H](c1ccccc1)N1CCc2sccc2C1.O=C(O)CC(O)(CC(=O)O)C(=O)O. The Balaban J connectivity index is 0.000000260. The minimum Gasteiger partial charge on any atom is -0.481 e. The maximum absolute atomic E-state index is 12.2. The molecule has 2 aromatic rings. The predicted molar refractivity (Wildman–Crippen MR) is 117 cm³/mol. The van der Waals surface area contributed by atoms with E-state index in [-0.39, 0.29) is 12.0 Å². The summed E-state index contributed by atoms with van der Waals surface area (Å²) in [5, 5.41) is 35.9. The number of methoxy groups -OCH3 is 1. The van der Waals surface area contributed by atoms with Crippen molar-refractivity contribution < 1.29 is 44.3 Å². The first kappa shape index (κ1) is 26.0. The number of carbonyl (C=O) groups excluding carboxylic acids is 1. The van der Waals surface area contributed by atoms with Crippen LogP contribution in [-0.2, 0) is 36.9 Å². The van der Waals surface area contributed by atoms with Gasteiger partial charge in [-0.3, -0.25) is 14.5 Å². The summed E-state index contributed by atoms with van der Waals surface area (Å²) in [5.41, 5.74) is -0.401. The fourth-order valence-electron chi connectivity index (χ4n) is 3.45. The topological polar surface area (TPSA) is 162 Å². The maximum atomic E-state index is 12.2. The van der Waals surface area contributed by atoms with Crippen molar-refractivity contribution >= 4 is 35.2 Å². The lowest BCUT2D eigenvalue weighted by Gasteiger charge is -2.33. The molecule has 10 nitrogen and oxygen atoms in total. The molecule has 1 atom stereocenters. The normalized spacial score (nSPS) is 14.2. The summed E-state index contributed by atoms with van der Waals surface area (Å²) < 4.78 is 5.01. The van der Waals surface area contributed by atoms with Crippen molar-refractivity contribution in [2.24, 2.45) is 0 Å². The first-order valence-electron chi connectivity index (χ1n) is 9.89. The van der Waals surface area contributed by atoms with E-state index in [1.165, 1.54) is 17.6 Å². The van der Waals surface area contributed by atoms with E-state index < -0.39 is 36.4 Å². The van der Waals surface area contributed by atoms with Crippen LogP contribution in [-0.4, -0.2) is 68.5 Å². The predicted octanol–water partition coefficient (Wildman–Crippen LogP) is 1.77. The Morgan fingerprint density at radius 3 is 2.18 bits per heavy atom. The molecule has 0 saturated heterocycles. The molecule has 0 saturated carbocycles. The van der Waals surface area contributed by atoms with Gasteiger partial charge in [0.25, 0.3) is 0 Å². The highest BCUT2D eigenvalue weighted by atomic mass is 32.1. The fraction of sp³-hybridized carbons (Fsp3) is 0.364. The molecule has 33 heavy (non-hydrogen) atoms. The van der Waals surface area contributed by atoms with E-state index in [1.807, 2.05) is 30.3 Å². The molecule has 11 heteroatoms. The van der Waals surface area contributed by atoms with Crippen LogP contribution in [0.4, 0.5) is 0 Å². The standard InChI is InChI=1S/C16H17NO2S.C6H8O7/c1-19-16(18)15(12-5-3-2-4-6-12)17-9-7-14-13(11-17)8-10-20-14;7-3(8)1-6(13,5(11)12)2-4(9)10/h2-6,8,10,15H,7,9,11H2,1H3;13H,1-2H2,(H,7,8)(H,9,10)(H,11,12)/t15-;/m0./s1. The van der Waals surface area contributed by atoms with Gasteiger partial charge in [-0.15, -0.1) is 11.3 Å². The zero-order valence-corrected chi connectivity index (χ0v) is 18.7. The van der Waals surface area contributed by atoms with Crippen LogP contribution in [0, 0.1) is 0 Å². The van der Waals surface area contributed by atoms with Crippen LogP contribution < -0.4 is 0 Å². The second-order valence-corrected chi connectivity index (χ2v) is 8.40. The first-order chi connectivity index (χ1) is 15.6. The van der Waals surface area contributed by atoms with Crippen LogP contribution in [0.3, 0.4) is 0 Å². The fourth-order valence-corrected chi connectivity index (χ4v) is 4.34. The molecule has 0 spiro atoms. The highest BCUT2D eigenvalue weighted by Crippen LogP contribution is 2.31. The summed E-state index contributed by atoms with van der Waals surface area (Å²) in [4.78, 5) is 46.3. The number of aliphatic hydroxyl groups is 1. The monoisotopic (exact) mass is 479 g/mol. The first-order valence-corrected chi connectivity index (χ1v) is 10.8. The Morgan fingerprint density at radius 1 is 1.06 bits per heavy atom. The molecule has 3 rings (SSSR count). The van der Waals surface area contributed by atoms with Crippen LogP contribution in [0.15, 0.2) is 41.8 Å². The van der Waals surface area contributed by atoms with E-state index in [2.05, 4.69) is 16.3 Å². The van der Waals surface area contributed by atoms with Gasteiger partial charge in [-0.1, -0.05) is 30.3 Å². The van der Waals surface area contributed by atoms with E-state index in [1.54, 1.807) is 11.3 Å². The maximum Gasteiger partial charge on any atom is 0.336 e. The van der Waals surface area contributed by atoms with Gasteiger partial charge in [0.2, 0.25) is 0 Å². The molecule has 0 aliphatic carbocycles.